The molecule has 4 aromatic heterocycles. The van der Waals surface area contributed by atoms with E-state index in [2.05, 4.69) is 53.8 Å². The second-order valence-corrected chi connectivity index (χ2v) is 16.2. The van der Waals surface area contributed by atoms with Crippen LogP contribution in [-0.2, 0) is 17.5 Å². The van der Waals surface area contributed by atoms with Gasteiger partial charge in [-0.25, -0.2) is 9.97 Å². The molecule has 4 aromatic rings. The highest BCUT2D eigenvalue weighted by Gasteiger charge is 2.37. The Morgan fingerprint density at radius 3 is 1.65 bits per heavy atom. The molecule has 4 rings (SSSR count). The number of aliphatic hydroxyl groups is 3. The monoisotopic (exact) mass is 616 g/mol. The molecule has 0 bridgehead atoms. The summed E-state index contributed by atoms with van der Waals surface area (Å²) in [5, 5.41) is 28.7. The van der Waals surface area contributed by atoms with Crippen LogP contribution in [0.25, 0.3) is 22.3 Å². The lowest BCUT2D eigenvalue weighted by Gasteiger charge is -2.36. The fraction of sp³-hybridized carbons (Fsp3) is 0.500. The molecule has 0 amide bonds. The number of pyridine rings is 2. The van der Waals surface area contributed by atoms with Gasteiger partial charge in [-0.05, 0) is 30.3 Å². The molecular formula is C28H40N6O8Si. The van der Waals surface area contributed by atoms with Crippen LogP contribution in [0.2, 0.25) is 18.1 Å². The molecule has 0 aliphatic heterocycles. The minimum absolute atomic E-state index is 0.0471. The average molecular weight is 617 g/mol. The van der Waals surface area contributed by atoms with Gasteiger partial charge in [-0.15, -0.1) is 0 Å². The maximum Gasteiger partial charge on any atom is 0.270 e. The van der Waals surface area contributed by atoms with Crippen LogP contribution in [0.1, 0.15) is 20.8 Å². The molecule has 0 fully saturated rings. The summed E-state index contributed by atoms with van der Waals surface area (Å²) in [4.78, 5) is 40.4. The van der Waals surface area contributed by atoms with Gasteiger partial charge in [0.15, 0.2) is 19.6 Å². The molecule has 0 aliphatic carbocycles. The predicted molar refractivity (Wildman–Crippen MR) is 163 cm³/mol. The van der Waals surface area contributed by atoms with Crippen molar-refractivity contribution in [1.82, 2.24) is 29.1 Å². The molecule has 3 N–H and O–H groups in total. The smallest absolute Gasteiger partial charge is 0.270 e. The summed E-state index contributed by atoms with van der Waals surface area (Å²) in [5.41, 5.74) is 1.07. The summed E-state index contributed by atoms with van der Waals surface area (Å²) in [6.07, 6.45) is 0.546. The molecule has 43 heavy (non-hydrogen) atoms. The molecule has 2 atom stereocenters. The zero-order valence-corrected chi connectivity index (χ0v) is 26.5. The van der Waals surface area contributed by atoms with Gasteiger partial charge in [-0.2, -0.15) is 9.97 Å². The standard InChI is InChI=1S/C17H27N3O4Si.C11H13N3O4/c1-17(2,3)25(5,6)24-11-12(21)10-20-15(22)9-18-13-7-8-14(23-4)19-16(13)20;1-18-9-3-2-8-11(13-9)14(5-7(16)6-15)10(17)4-12-8/h7-9,12,21H,10-11H2,1-6H3;2-4,7,15-16H,5-6H2,1H3. The highest BCUT2D eigenvalue weighted by molar-refractivity contribution is 6.74. The van der Waals surface area contributed by atoms with E-state index in [1.54, 1.807) is 24.3 Å². The highest BCUT2D eigenvalue weighted by Crippen LogP contribution is 2.36. The fourth-order valence-corrected chi connectivity index (χ4v) is 4.72. The molecule has 2 unspecified atom stereocenters. The summed E-state index contributed by atoms with van der Waals surface area (Å²) in [7, 11) is 1.01. The zero-order chi connectivity index (χ0) is 31.9. The van der Waals surface area contributed by atoms with E-state index in [9.17, 15) is 19.8 Å². The van der Waals surface area contributed by atoms with Crippen molar-refractivity contribution in [2.75, 3.05) is 27.4 Å². The molecule has 0 spiro atoms. The predicted octanol–water partition coefficient (Wildman–Crippen LogP) is 1.34. The van der Waals surface area contributed by atoms with E-state index in [4.69, 9.17) is 19.0 Å². The number of ether oxygens (including phenoxy) is 2. The quantitative estimate of drug-likeness (QED) is 0.218. The van der Waals surface area contributed by atoms with Crippen LogP contribution in [0, 0.1) is 0 Å². The summed E-state index contributed by atoms with van der Waals surface area (Å²) in [6, 6.07) is 6.71. The number of methoxy groups -OCH3 is 2. The largest absolute Gasteiger partial charge is 0.481 e. The number of rotatable bonds is 10. The Kier molecular flexibility index (Phi) is 11.1. The maximum absolute atomic E-state index is 12.2. The van der Waals surface area contributed by atoms with Gasteiger partial charge in [-0.1, -0.05) is 20.8 Å². The van der Waals surface area contributed by atoms with E-state index >= 15 is 0 Å². The number of hydrogen-bond donors (Lipinski definition) is 3. The second kappa shape index (κ2) is 14.1. The third-order valence-corrected chi connectivity index (χ3v) is 11.7. The summed E-state index contributed by atoms with van der Waals surface area (Å²) in [6.45, 7) is 10.5. The van der Waals surface area contributed by atoms with Crippen molar-refractivity contribution in [3.8, 4) is 11.8 Å². The Morgan fingerprint density at radius 2 is 1.26 bits per heavy atom. The Bertz CT molecular complexity index is 1650. The van der Waals surface area contributed by atoms with Gasteiger partial charge in [0.25, 0.3) is 11.1 Å². The van der Waals surface area contributed by atoms with Crippen molar-refractivity contribution >= 4 is 30.6 Å². The van der Waals surface area contributed by atoms with Gasteiger partial charge in [0.1, 0.15) is 11.0 Å². The number of aliphatic hydroxyl groups excluding tert-OH is 3. The lowest BCUT2D eigenvalue weighted by atomic mass is 10.2. The van der Waals surface area contributed by atoms with Gasteiger partial charge in [0.05, 0.1) is 65.1 Å². The molecule has 234 valence electrons. The van der Waals surface area contributed by atoms with Crippen LogP contribution >= 0.6 is 0 Å². The minimum atomic E-state index is -1.96. The van der Waals surface area contributed by atoms with E-state index in [0.29, 0.717) is 34.1 Å². The van der Waals surface area contributed by atoms with Crippen LogP contribution in [0.5, 0.6) is 11.8 Å². The number of hydrogen-bond acceptors (Lipinski definition) is 12. The first-order valence-corrected chi connectivity index (χ1v) is 16.5. The van der Waals surface area contributed by atoms with E-state index in [-0.39, 0.29) is 30.3 Å². The van der Waals surface area contributed by atoms with Gasteiger partial charge in [0, 0.05) is 12.1 Å². The first-order valence-electron chi connectivity index (χ1n) is 13.6. The third kappa shape index (κ3) is 8.42. The SMILES string of the molecule is COc1ccc2ncc(=O)n(CC(O)CO)c2n1.COc1ccc2ncc(=O)n(CC(O)CO[Si](C)(C)C(C)(C)C)c2n1. The molecule has 0 saturated heterocycles. The summed E-state index contributed by atoms with van der Waals surface area (Å²) < 4.78 is 18.8. The second-order valence-electron chi connectivity index (χ2n) is 11.4. The number of fused-ring (bicyclic) bond motifs is 2. The minimum Gasteiger partial charge on any atom is -0.481 e. The molecule has 0 saturated carbocycles. The normalized spacial score (nSPS) is 13.3. The average Bonchev–Trinajstić information content (AvgIpc) is 2.98. The Hall–Kier alpha value is -3.76. The van der Waals surface area contributed by atoms with Crippen molar-refractivity contribution in [3.05, 3.63) is 57.4 Å². The Balaban J connectivity index is 0.000000248. The molecule has 0 radical (unpaired) electrons. The highest BCUT2D eigenvalue weighted by atomic mass is 28.4. The Labute approximate surface area is 249 Å². The van der Waals surface area contributed by atoms with E-state index in [0.717, 1.165) is 6.20 Å². The first-order chi connectivity index (χ1) is 20.2. The lowest BCUT2D eigenvalue weighted by Crippen LogP contribution is -2.43. The first kappa shape index (κ1) is 33.7. The molecule has 0 aromatic carbocycles. The molecule has 4 heterocycles. The van der Waals surface area contributed by atoms with Crippen LogP contribution in [0.15, 0.2) is 46.2 Å². The van der Waals surface area contributed by atoms with Gasteiger partial charge >= 0.3 is 0 Å². The van der Waals surface area contributed by atoms with Crippen LogP contribution in [-0.4, -0.2) is 92.3 Å². The zero-order valence-electron chi connectivity index (χ0n) is 25.5. The van der Waals surface area contributed by atoms with Crippen LogP contribution < -0.4 is 20.6 Å². The van der Waals surface area contributed by atoms with E-state index in [1.807, 2.05) is 0 Å². The summed E-state index contributed by atoms with van der Waals surface area (Å²) in [5.74, 6) is 0.739. The van der Waals surface area contributed by atoms with Gasteiger partial charge < -0.3 is 29.2 Å². The lowest BCUT2D eigenvalue weighted by molar-refractivity contribution is 0.0812. The van der Waals surface area contributed by atoms with Crippen molar-refractivity contribution in [1.29, 1.82) is 0 Å². The number of aromatic nitrogens is 6. The molecule has 0 aliphatic rings. The summed E-state index contributed by atoms with van der Waals surface area (Å²) >= 11 is 0. The van der Waals surface area contributed by atoms with Crippen LogP contribution in [0.3, 0.4) is 0 Å². The Morgan fingerprint density at radius 1 is 0.814 bits per heavy atom. The van der Waals surface area contributed by atoms with Crippen LogP contribution in [0.4, 0.5) is 0 Å². The maximum atomic E-state index is 12.2. The van der Waals surface area contributed by atoms with Crippen molar-refractivity contribution in [3.63, 3.8) is 0 Å². The third-order valence-electron chi connectivity index (χ3n) is 7.19. The van der Waals surface area contributed by atoms with E-state index < -0.39 is 32.7 Å². The van der Waals surface area contributed by atoms with Crippen molar-refractivity contribution < 1.29 is 29.2 Å². The van der Waals surface area contributed by atoms with Crippen molar-refractivity contribution in [2.45, 2.75) is 64.2 Å². The van der Waals surface area contributed by atoms with Crippen molar-refractivity contribution in [2.24, 2.45) is 0 Å². The van der Waals surface area contributed by atoms with Gasteiger partial charge in [-0.3, -0.25) is 18.7 Å². The topological polar surface area (TPSA) is 184 Å². The molecule has 14 nitrogen and oxygen atoms in total. The molecule has 15 heteroatoms. The number of nitrogens with zero attached hydrogens (tertiary/aromatic N) is 6. The van der Waals surface area contributed by atoms with E-state index in [1.165, 1.54) is 29.6 Å². The fourth-order valence-electron chi connectivity index (χ4n) is 3.68. The van der Waals surface area contributed by atoms with Gasteiger partial charge in [0.2, 0.25) is 11.8 Å². The molecular weight excluding hydrogens is 576 g/mol.